The summed E-state index contributed by atoms with van der Waals surface area (Å²) >= 11 is 5.76. The molecule has 20 heavy (non-hydrogen) atoms. The van der Waals surface area contributed by atoms with E-state index < -0.39 is 0 Å². The van der Waals surface area contributed by atoms with Crippen molar-refractivity contribution in [2.75, 3.05) is 26.7 Å². The van der Waals surface area contributed by atoms with Gasteiger partial charge in [-0.25, -0.2) is 0 Å². The van der Waals surface area contributed by atoms with Crippen LogP contribution in [-0.4, -0.2) is 59.6 Å². The zero-order valence-electron chi connectivity index (χ0n) is 12.6. The first-order valence-corrected chi connectivity index (χ1v) is 8.89. The summed E-state index contributed by atoms with van der Waals surface area (Å²) in [6.45, 7) is 3.95. The summed E-state index contributed by atoms with van der Waals surface area (Å²) in [7, 11) is 2.10. The third-order valence-corrected chi connectivity index (χ3v) is 6.75. The van der Waals surface area contributed by atoms with E-state index >= 15 is 0 Å². The van der Waals surface area contributed by atoms with Crippen LogP contribution in [0.25, 0.3) is 0 Å². The zero-order chi connectivity index (χ0) is 13.7. The van der Waals surface area contributed by atoms with Gasteiger partial charge in [0, 0.05) is 31.1 Å². The maximum absolute atomic E-state index is 5.76. The molecule has 0 aromatic rings. The molecule has 0 bridgehead atoms. The Morgan fingerprint density at radius 1 is 1.20 bits per heavy atom. The molecule has 5 atom stereocenters. The average molecular weight is 293 g/mol. The fraction of sp³-hybridized carbons (Fsp3) is 0.938. The maximum Gasteiger partial charge on any atom is 0.0797 e. The average Bonchev–Trinajstić information content (AvgIpc) is 2.48. The first kappa shape index (κ1) is 13.5. The van der Waals surface area contributed by atoms with E-state index in [-0.39, 0.29) is 0 Å². The minimum Gasteiger partial charge on any atom is -0.362 e. The summed E-state index contributed by atoms with van der Waals surface area (Å²) in [5, 5.41) is 3.49. The monoisotopic (exact) mass is 293 g/mol. The van der Waals surface area contributed by atoms with Crippen LogP contribution >= 0.6 is 12.2 Å². The highest BCUT2D eigenvalue weighted by Gasteiger charge is 2.50. The fourth-order valence-corrected chi connectivity index (χ4v) is 5.92. The van der Waals surface area contributed by atoms with Gasteiger partial charge in [0.15, 0.2) is 0 Å². The molecule has 4 rings (SSSR count). The maximum atomic E-state index is 5.76. The number of fused-ring (bicyclic) bond motifs is 2. The Morgan fingerprint density at radius 3 is 2.80 bits per heavy atom. The summed E-state index contributed by atoms with van der Waals surface area (Å²) in [5.41, 5.74) is 0. The quantitative estimate of drug-likeness (QED) is 0.744. The van der Waals surface area contributed by atoms with Crippen molar-refractivity contribution in [1.29, 1.82) is 0 Å². The largest absolute Gasteiger partial charge is 0.362 e. The fourth-order valence-electron chi connectivity index (χ4n) is 5.51. The summed E-state index contributed by atoms with van der Waals surface area (Å²) in [5.74, 6) is 1.76. The highest BCUT2D eigenvalue weighted by atomic mass is 32.1. The molecule has 4 aliphatic heterocycles. The van der Waals surface area contributed by atoms with Crippen molar-refractivity contribution in [3.63, 3.8) is 0 Å². The van der Waals surface area contributed by atoms with Crippen LogP contribution in [0, 0.1) is 11.8 Å². The van der Waals surface area contributed by atoms with Crippen LogP contribution in [0.15, 0.2) is 0 Å². The Balaban J connectivity index is 1.63. The second-order valence-electron chi connectivity index (χ2n) is 7.27. The second-order valence-corrected chi connectivity index (χ2v) is 7.75. The van der Waals surface area contributed by atoms with E-state index in [1.807, 2.05) is 0 Å². The Kier molecular flexibility index (Phi) is 3.52. The Bertz CT molecular complexity index is 397. The van der Waals surface area contributed by atoms with Gasteiger partial charge < -0.3 is 10.2 Å². The number of rotatable bonds is 1. The Morgan fingerprint density at radius 2 is 2.00 bits per heavy atom. The molecule has 112 valence electrons. The summed E-state index contributed by atoms with van der Waals surface area (Å²) < 4.78 is 0. The van der Waals surface area contributed by atoms with E-state index in [2.05, 4.69) is 22.2 Å². The van der Waals surface area contributed by atoms with E-state index in [1.54, 1.807) is 0 Å². The molecule has 0 aliphatic carbocycles. The molecule has 4 saturated heterocycles. The molecule has 4 fully saturated rings. The number of hydrogen-bond donors (Lipinski definition) is 1. The van der Waals surface area contributed by atoms with Crippen molar-refractivity contribution in [1.82, 2.24) is 15.1 Å². The standard InChI is InChI=1S/C16H27N3S/c1-17-12-8-14-13-5-3-7-18-6-2-4-11(16(13)18)10-19(14)15(20)9-12/h11-14,16-17H,2-10H2,1H3/t11?,12?,13?,14-,16?/m1/s1. The van der Waals surface area contributed by atoms with E-state index in [9.17, 15) is 0 Å². The van der Waals surface area contributed by atoms with Crippen molar-refractivity contribution in [2.24, 2.45) is 11.8 Å². The van der Waals surface area contributed by atoms with E-state index in [0.29, 0.717) is 6.04 Å². The van der Waals surface area contributed by atoms with Gasteiger partial charge in [-0.1, -0.05) is 12.2 Å². The van der Waals surface area contributed by atoms with Crippen LogP contribution in [0.5, 0.6) is 0 Å². The number of thiocarbonyl (C=S) groups is 1. The lowest BCUT2D eigenvalue weighted by Crippen LogP contribution is -2.67. The molecule has 3 nitrogen and oxygen atoms in total. The van der Waals surface area contributed by atoms with Crippen LogP contribution in [-0.2, 0) is 0 Å². The highest BCUT2D eigenvalue weighted by Crippen LogP contribution is 2.44. The molecule has 4 aliphatic rings. The van der Waals surface area contributed by atoms with Gasteiger partial charge in [-0.15, -0.1) is 0 Å². The van der Waals surface area contributed by atoms with Crippen LogP contribution in [0.2, 0.25) is 0 Å². The Labute approximate surface area is 128 Å². The van der Waals surface area contributed by atoms with E-state index in [0.717, 1.165) is 30.3 Å². The predicted molar refractivity (Wildman–Crippen MR) is 86.0 cm³/mol. The van der Waals surface area contributed by atoms with Crippen molar-refractivity contribution >= 4 is 17.2 Å². The summed E-state index contributed by atoms with van der Waals surface area (Å²) in [6, 6.07) is 2.20. The van der Waals surface area contributed by atoms with Crippen LogP contribution in [0.1, 0.15) is 38.5 Å². The first-order chi connectivity index (χ1) is 9.78. The topological polar surface area (TPSA) is 18.5 Å². The van der Waals surface area contributed by atoms with Crippen molar-refractivity contribution in [3.8, 4) is 0 Å². The normalized spacial score (nSPS) is 45.0. The number of nitrogens with zero attached hydrogens (tertiary/aromatic N) is 2. The molecule has 0 saturated carbocycles. The Hall–Kier alpha value is -0.190. The van der Waals surface area contributed by atoms with Gasteiger partial charge in [0.05, 0.1) is 4.99 Å². The van der Waals surface area contributed by atoms with Gasteiger partial charge >= 0.3 is 0 Å². The minimum atomic E-state index is 0.610. The third kappa shape index (κ3) is 2.03. The predicted octanol–water partition coefficient (Wildman–Crippen LogP) is 1.87. The molecule has 4 unspecified atom stereocenters. The smallest absolute Gasteiger partial charge is 0.0797 e. The molecule has 0 aromatic heterocycles. The van der Waals surface area contributed by atoms with Crippen LogP contribution in [0.3, 0.4) is 0 Å². The lowest BCUT2D eigenvalue weighted by atomic mass is 9.67. The molecule has 4 heteroatoms. The molecule has 0 spiro atoms. The molecule has 0 aromatic carbocycles. The number of piperidine rings is 4. The summed E-state index contributed by atoms with van der Waals surface area (Å²) in [6.07, 6.45) is 8.04. The zero-order valence-corrected chi connectivity index (χ0v) is 13.4. The van der Waals surface area contributed by atoms with Gasteiger partial charge in [-0.2, -0.15) is 0 Å². The molecule has 4 heterocycles. The lowest BCUT2D eigenvalue weighted by molar-refractivity contribution is -0.0617. The van der Waals surface area contributed by atoms with Gasteiger partial charge in [-0.3, -0.25) is 4.90 Å². The highest BCUT2D eigenvalue weighted by molar-refractivity contribution is 7.80. The minimum absolute atomic E-state index is 0.610. The van der Waals surface area contributed by atoms with Crippen LogP contribution in [0.4, 0.5) is 0 Å². The van der Waals surface area contributed by atoms with Gasteiger partial charge in [0.1, 0.15) is 0 Å². The van der Waals surface area contributed by atoms with Crippen molar-refractivity contribution < 1.29 is 0 Å². The SMILES string of the molecule is CNC1CC(=S)N2CC3CCCN4CCCC(C34)[C@H]2C1. The van der Waals surface area contributed by atoms with Crippen molar-refractivity contribution in [3.05, 3.63) is 0 Å². The summed E-state index contributed by atoms with van der Waals surface area (Å²) in [4.78, 5) is 6.71. The van der Waals surface area contributed by atoms with Crippen LogP contribution < -0.4 is 5.32 Å². The lowest BCUT2D eigenvalue weighted by Gasteiger charge is -2.60. The number of nitrogens with one attached hydrogen (secondary N) is 1. The van der Waals surface area contributed by atoms with E-state index in [1.165, 1.54) is 56.7 Å². The first-order valence-electron chi connectivity index (χ1n) is 8.48. The van der Waals surface area contributed by atoms with Crippen molar-refractivity contribution in [2.45, 2.75) is 56.7 Å². The van der Waals surface area contributed by atoms with Gasteiger partial charge in [0.2, 0.25) is 0 Å². The molecule has 0 amide bonds. The molecular formula is C16H27N3S. The van der Waals surface area contributed by atoms with E-state index in [4.69, 9.17) is 12.2 Å². The van der Waals surface area contributed by atoms with Gasteiger partial charge in [-0.05, 0) is 64.1 Å². The molecule has 1 N–H and O–H groups in total. The number of hydrogen-bond acceptors (Lipinski definition) is 3. The molecule has 0 radical (unpaired) electrons. The molecular weight excluding hydrogens is 266 g/mol. The van der Waals surface area contributed by atoms with Gasteiger partial charge in [0.25, 0.3) is 0 Å². The second kappa shape index (κ2) is 5.22. The third-order valence-electron chi connectivity index (χ3n) is 6.35.